The number of halogens is 1. The van der Waals surface area contributed by atoms with Crippen LogP contribution in [-0.4, -0.2) is 14.5 Å². The minimum Gasteiger partial charge on any atom is -0.340 e. The molecule has 0 amide bonds. The zero-order valence-electron chi connectivity index (χ0n) is 13.0. The highest BCUT2D eigenvalue weighted by molar-refractivity contribution is 6.31. The van der Waals surface area contributed by atoms with Gasteiger partial charge in [0, 0.05) is 34.7 Å². The van der Waals surface area contributed by atoms with Crippen molar-refractivity contribution in [3.63, 3.8) is 0 Å². The van der Waals surface area contributed by atoms with E-state index in [0.717, 1.165) is 22.0 Å². The number of pyridine rings is 1. The Morgan fingerprint density at radius 2 is 1.88 bits per heavy atom. The van der Waals surface area contributed by atoms with Crippen LogP contribution in [0, 0.1) is 0 Å². The van der Waals surface area contributed by atoms with Crippen molar-refractivity contribution < 1.29 is 0 Å². The molecule has 0 radical (unpaired) electrons. The average molecular weight is 336 g/mol. The van der Waals surface area contributed by atoms with Gasteiger partial charge >= 0.3 is 0 Å². The van der Waals surface area contributed by atoms with Crippen LogP contribution in [0.2, 0.25) is 5.02 Å². The minimum atomic E-state index is -0.164. The van der Waals surface area contributed by atoms with Crippen LogP contribution in [0.5, 0.6) is 0 Å². The van der Waals surface area contributed by atoms with Crippen molar-refractivity contribution in [1.82, 2.24) is 14.5 Å². The Morgan fingerprint density at radius 3 is 2.58 bits per heavy atom. The second kappa shape index (κ2) is 5.65. The molecular weight excluding hydrogens is 322 g/mol. The maximum absolute atomic E-state index is 12.8. The predicted molar refractivity (Wildman–Crippen MR) is 97.2 cm³/mol. The van der Waals surface area contributed by atoms with E-state index in [0.29, 0.717) is 16.3 Å². The summed E-state index contributed by atoms with van der Waals surface area (Å²) in [5.74, 6) is 0. The maximum Gasteiger partial charge on any atom is 0.258 e. The molecule has 0 aliphatic carbocycles. The predicted octanol–water partition coefficient (Wildman–Crippen LogP) is 4.25. The Morgan fingerprint density at radius 1 is 1.08 bits per heavy atom. The Hall–Kier alpha value is -2.85. The van der Waals surface area contributed by atoms with Crippen molar-refractivity contribution >= 4 is 22.5 Å². The highest BCUT2D eigenvalue weighted by Gasteiger charge is 2.18. The smallest absolute Gasteiger partial charge is 0.258 e. The highest BCUT2D eigenvalue weighted by Crippen LogP contribution is 2.35. The lowest BCUT2D eigenvalue weighted by Gasteiger charge is -2.12. The topological polar surface area (TPSA) is 50.7 Å². The summed E-state index contributed by atoms with van der Waals surface area (Å²) in [7, 11) is 1.88. The molecule has 4 nitrogen and oxygen atoms in total. The number of imidazole rings is 1. The van der Waals surface area contributed by atoms with Gasteiger partial charge in [0.05, 0.1) is 17.6 Å². The number of aromatic amines is 1. The van der Waals surface area contributed by atoms with Gasteiger partial charge in [-0.25, -0.2) is 4.98 Å². The Balaban J connectivity index is 2.18. The van der Waals surface area contributed by atoms with Crippen molar-refractivity contribution in [3.05, 3.63) is 76.4 Å². The zero-order chi connectivity index (χ0) is 16.7. The molecule has 4 rings (SSSR count). The van der Waals surface area contributed by atoms with E-state index in [1.165, 1.54) is 0 Å². The minimum absolute atomic E-state index is 0.164. The fraction of sp³-hybridized carbons (Fsp3) is 0.0526. The van der Waals surface area contributed by atoms with Crippen molar-refractivity contribution in [2.24, 2.45) is 7.05 Å². The summed E-state index contributed by atoms with van der Waals surface area (Å²) < 4.78 is 1.83. The second-order valence-corrected chi connectivity index (χ2v) is 6.12. The van der Waals surface area contributed by atoms with E-state index in [2.05, 4.69) is 9.97 Å². The number of fused-ring (bicyclic) bond motifs is 1. The number of aryl methyl sites for hydroxylation is 1. The lowest BCUT2D eigenvalue weighted by Crippen LogP contribution is -2.11. The van der Waals surface area contributed by atoms with Gasteiger partial charge in [0.2, 0.25) is 0 Å². The molecule has 0 bridgehead atoms. The first-order valence-electron chi connectivity index (χ1n) is 7.53. The summed E-state index contributed by atoms with van der Waals surface area (Å²) in [6.45, 7) is 0. The first kappa shape index (κ1) is 14.7. The summed E-state index contributed by atoms with van der Waals surface area (Å²) >= 11 is 6.21. The molecular formula is C19H14ClN3O. The standard InChI is InChI=1S/C19H14ClN3O/c1-23-10-16(21-11-23)18-17(12-5-3-2-4-6-12)14-9-13(20)7-8-15(14)22-19(18)24/h2-11H,1H3,(H,22,24). The molecule has 0 saturated carbocycles. The first-order valence-corrected chi connectivity index (χ1v) is 7.90. The van der Waals surface area contributed by atoms with E-state index in [4.69, 9.17) is 11.6 Å². The molecule has 0 spiro atoms. The summed E-state index contributed by atoms with van der Waals surface area (Å²) in [6, 6.07) is 15.3. The fourth-order valence-electron chi connectivity index (χ4n) is 2.96. The Kier molecular flexibility index (Phi) is 3.47. The lowest BCUT2D eigenvalue weighted by molar-refractivity contribution is 0.913. The normalized spacial score (nSPS) is 11.1. The number of nitrogens with one attached hydrogen (secondary N) is 1. The third-order valence-corrected chi connectivity index (χ3v) is 4.23. The number of rotatable bonds is 2. The van der Waals surface area contributed by atoms with E-state index >= 15 is 0 Å². The van der Waals surface area contributed by atoms with Crippen LogP contribution < -0.4 is 5.56 Å². The van der Waals surface area contributed by atoms with Crippen LogP contribution in [-0.2, 0) is 7.05 Å². The van der Waals surface area contributed by atoms with Crippen molar-refractivity contribution in [1.29, 1.82) is 0 Å². The molecule has 0 atom stereocenters. The van der Waals surface area contributed by atoms with Gasteiger partial charge in [0.25, 0.3) is 5.56 Å². The highest BCUT2D eigenvalue weighted by atomic mass is 35.5. The van der Waals surface area contributed by atoms with Crippen LogP contribution >= 0.6 is 11.6 Å². The molecule has 2 aromatic carbocycles. The molecule has 0 fully saturated rings. The zero-order valence-corrected chi connectivity index (χ0v) is 13.7. The van der Waals surface area contributed by atoms with Crippen LogP contribution in [0.4, 0.5) is 0 Å². The molecule has 0 unspecified atom stereocenters. The molecule has 5 heteroatoms. The molecule has 0 aliphatic heterocycles. The van der Waals surface area contributed by atoms with E-state index in [1.54, 1.807) is 12.4 Å². The summed E-state index contributed by atoms with van der Waals surface area (Å²) in [5, 5.41) is 1.52. The summed E-state index contributed by atoms with van der Waals surface area (Å²) in [4.78, 5) is 20.1. The van der Waals surface area contributed by atoms with Gasteiger partial charge in [-0.3, -0.25) is 4.79 Å². The van der Waals surface area contributed by atoms with Gasteiger partial charge < -0.3 is 9.55 Å². The first-order chi connectivity index (χ1) is 11.6. The Labute approximate surface area is 143 Å². The molecule has 1 N–H and O–H groups in total. The van der Waals surface area contributed by atoms with Crippen LogP contribution in [0.1, 0.15) is 0 Å². The van der Waals surface area contributed by atoms with E-state index in [9.17, 15) is 4.79 Å². The van der Waals surface area contributed by atoms with Gasteiger partial charge in [-0.15, -0.1) is 0 Å². The van der Waals surface area contributed by atoms with Crippen LogP contribution in [0.15, 0.2) is 65.8 Å². The lowest BCUT2D eigenvalue weighted by atomic mass is 9.95. The summed E-state index contributed by atoms with van der Waals surface area (Å²) in [5.41, 5.74) is 3.58. The molecule has 24 heavy (non-hydrogen) atoms. The largest absolute Gasteiger partial charge is 0.340 e. The van der Waals surface area contributed by atoms with Crippen molar-refractivity contribution in [2.45, 2.75) is 0 Å². The van der Waals surface area contributed by atoms with Gasteiger partial charge in [0.15, 0.2) is 0 Å². The van der Waals surface area contributed by atoms with Gasteiger partial charge in [-0.05, 0) is 23.8 Å². The van der Waals surface area contributed by atoms with E-state index < -0.39 is 0 Å². The van der Waals surface area contributed by atoms with E-state index in [1.807, 2.05) is 60.3 Å². The van der Waals surface area contributed by atoms with Gasteiger partial charge in [-0.1, -0.05) is 41.9 Å². The molecule has 0 aliphatic rings. The second-order valence-electron chi connectivity index (χ2n) is 5.68. The molecule has 4 aromatic rings. The van der Waals surface area contributed by atoms with Crippen LogP contribution in [0.25, 0.3) is 33.3 Å². The SMILES string of the molecule is Cn1cnc(-c2c(-c3ccccc3)c3cc(Cl)ccc3[nH]c2=O)c1. The van der Waals surface area contributed by atoms with E-state index in [-0.39, 0.29) is 5.56 Å². The fourth-order valence-corrected chi connectivity index (χ4v) is 3.13. The molecule has 2 heterocycles. The number of benzene rings is 2. The number of H-pyrrole nitrogens is 1. The van der Waals surface area contributed by atoms with Gasteiger partial charge in [0.1, 0.15) is 0 Å². The Bertz CT molecular complexity index is 1100. The number of nitrogens with zero attached hydrogens (tertiary/aromatic N) is 2. The quantitative estimate of drug-likeness (QED) is 0.595. The third-order valence-electron chi connectivity index (χ3n) is 4.00. The number of aromatic nitrogens is 3. The average Bonchev–Trinajstić information content (AvgIpc) is 3.01. The van der Waals surface area contributed by atoms with Crippen molar-refractivity contribution in [2.75, 3.05) is 0 Å². The summed E-state index contributed by atoms with van der Waals surface area (Å²) in [6.07, 6.45) is 3.53. The number of hydrogen-bond donors (Lipinski definition) is 1. The monoisotopic (exact) mass is 335 g/mol. The third kappa shape index (κ3) is 2.41. The maximum atomic E-state index is 12.8. The van der Waals surface area contributed by atoms with Crippen LogP contribution in [0.3, 0.4) is 0 Å². The molecule has 0 saturated heterocycles. The molecule has 2 aromatic heterocycles. The number of hydrogen-bond acceptors (Lipinski definition) is 2. The van der Waals surface area contributed by atoms with Gasteiger partial charge in [-0.2, -0.15) is 0 Å². The van der Waals surface area contributed by atoms with Crippen molar-refractivity contribution in [3.8, 4) is 22.4 Å². The molecule has 118 valence electrons.